The number of nitrogens with zero attached hydrogens (tertiary/aromatic N) is 4. The average Bonchev–Trinajstić information content (AvgIpc) is 2.77. The molecule has 1 aromatic heterocycles. The fraction of sp³-hybridized carbons (Fsp3) is 0.750. The summed E-state index contributed by atoms with van der Waals surface area (Å²) in [5.74, 6) is 2.24. The second kappa shape index (κ2) is 7.68. The maximum Gasteiger partial charge on any atom is 0.228 e. The van der Waals surface area contributed by atoms with Gasteiger partial charge in [-0.15, -0.1) is 0 Å². The lowest BCUT2D eigenvalue weighted by Gasteiger charge is -2.21. The van der Waals surface area contributed by atoms with E-state index in [1.165, 1.54) is 12.8 Å². The van der Waals surface area contributed by atoms with Crippen molar-refractivity contribution in [3.05, 3.63) is 11.7 Å². The molecule has 0 radical (unpaired) electrons. The van der Waals surface area contributed by atoms with Crippen LogP contribution >= 0.6 is 0 Å². The van der Waals surface area contributed by atoms with Crippen LogP contribution in [-0.4, -0.2) is 48.2 Å². The van der Waals surface area contributed by atoms with Gasteiger partial charge in [0, 0.05) is 33.6 Å². The third-order valence-corrected chi connectivity index (χ3v) is 2.61. The third-order valence-electron chi connectivity index (χ3n) is 2.61. The lowest BCUT2D eigenvalue weighted by atomic mass is 10.3. The zero-order valence-corrected chi connectivity index (χ0v) is 11.7. The maximum absolute atomic E-state index is 5.05. The Labute approximate surface area is 108 Å². The average molecular weight is 253 g/mol. The van der Waals surface area contributed by atoms with E-state index in [1.54, 1.807) is 7.05 Å². The minimum Gasteiger partial charge on any atom is -0.356 e. The van der Waals surface area contributed by atoms with E-state index in [0.717, 1.165) is 19.0 Å². The first kappa shape index (κ1) is 14.5. The van der Waals surface area contributed by atoms with Crippen LogP contribution < -0.4 is 5.32 Å². The summed E-state index contributed by atoms with van der Waals surface area (Å²) in [5, 5.41) is 7.04. The lowest BCUT2D eigenvalue weighted by Crippen LogP contribution is -2.40. The highest BCUT2D eigenvalue weighted by molar-refractivity contribution is 5.79. The summed E-state index contributed by atoms with van der Waals surface area (Å²) in [4.78, 5) is 10.5. The maximum atomic E-state index is 5.05. The van der Waals surface area contributed by atoms with Gasteiger partial charge in [0.2, 0.25) is 5.89 Å². The minimum atomic E-state index is 0.659. The highest BCUT2D eigenvalue weighted by atomic mass is 16.5. The first-order valence-electron chi connectivity index (χ1n) is 6.38. The van der Waals surface area contributed by atoms with Gasteiger partial charge in [-0.25, -0.2) is 0 Å². The molecular weight excluding hydrogens is 230 g/mol. The fourth-order valence-electron chi connectivity index (χ4n) is 1.61. The van der Waals surface area contributed by atoms with Crippen molar-refractivity contribution in [3.63, 3.8) is 0 Å². The molecule has 0 atom stereocenters. The fourth-order valence-corrected chi connectivity index (χ4v) is 1.61. The SMILES string of the molecule is CCCCN(C)C(=NC)NCCc1nc(C)no1. The summed E-state index contributed by atoms with van der Waals surface area (Å²) in [6.07, 6.45) is 3.06. The molecule has 1 rings (SSSR count). The number of aliphatic imine (C=N–C) groups is 1. The Hall–Kier alpha value is -1.59. The summed E-state index contributed by atoms with van der Waals surface area (Å²) in [6.45, 7) is 5.75. The highest BCUT2D eigenvalue weighted by Crippen LogP contribution is 1.96. The van der Waals surface area contributed by atoms with Crippen molar-refractivity contribution in [1.82, 2.24) is 20.4 Å². The molecule has 0 spiro atoms. The molecule has 0 saturated carbocycles. The normalized spacial score (nSPS) is 11.7. The van der Waals surface area contributed by atoms with Crippen molar-refractivity contribution in [3.8, 4) is 0 Å². The minimum absolute atomic E-state index is 0.659. The molecule has 6 heteroatoms. The number of nitrogens with one attached hydrogen (secondary N) is 1. The van der Waals surface area contributed by atoms with Crippen molar-refractivity contribution < 1.29 is 4.52 Å². The van der Waals surface area contributed by atoms with Crippen LogP contribution in [0.1, 0.15) is 31.5 Å². The third kappa shape index (κ3) is 4.73. The van der Waals surface area contributed by atoms with Gasteiger partial charge < -0.3 is 14.7 Å². The van der Waals surface area contributed by atoms with Gasteiger partial charge in [0.1, 0.15) is 0 Å². The zero-order chi connectivity index (χ0) is 13.4. The Morgan fingerprint density at radius 3 is 2.83 bits per heavy atom. The molecule has 18 heavy (non-hydrogen) atoms. The molecule has 102 valence electrons. The molecule has 6 nitrogen and oxygen atoms in total. The molecule has 0 amide bonds. The first-order chi connectivity index (χ1) is 8.67. The van der Waals surface area contributed by atoms with Gasteiger partial charge in [0.25, 0.3) is 0 Å². The van der Waals surface area contributed by atoms with Crippen LogP contribution in [0.2, 0.25) is 0 Å². The van der Waals surface area contributed by atoms with Gasteiger partial charge >= 0.3 is 0 Å². The Kier molecular flexibility index (Phi) is 6.18. The number of aryl methyl sites for hydroxylation is 1. The molecule has 1 N–H and O–H groups in total. The topological polar surface area (TPSA) is 66.5 Å². The van der Waals surface area contributed by atoms with E-state index in [1.807, 2.05) is 14.0 Å². The second-order valence-electron chi connectivity index (χ2n) is 4.23. The number of hydrogen-bond donors (Lipinski definition) is 1. The smallest absolute Gasteiger partial charge is 0.228 e. The predicted octanol–water partition coefficient (Wildman–Crippen LogP) is 1.23. The molecule has 1 aromatic rings. The Balaban J connectivity index is 2.31. The molecule has 0 bridgehead atoms. The Bertz CT molecular complexity index is 374. The molecule has 0 aromatic carbocycles. The van der Waals surface area contributed by atoms with Crippen LogP contribution in [0, 0.1) is 6.92 Å². The number of unbranched alkanes of at least 4 members (excludes halogenated alkanes) is 1. The van der Waals surface area contributed by atoms with E-state index in [-0.39, 0.29) is 0 Å². The number of hydrogen-bond acceptors (Lipinski definition) is 4. The van der Waals surface area contributed by atoms with Crippen LogP contribution in [0.5, 0.6) is 0 Å². The van der Waals surface area contributed by atoms with Gasteiger partial charge in [0.15, 0.2) is 11.8 Å². The van der Waals surface area contributed by atoms with Gasteiger partial charge in [-0.05, 0) is 13.3 Å². The van der Waals surface area contributed by atoms with Crippen LogP contribution in [0.15, 0.2) is 9.52 Å². The Morgan fingerprint density at radius 2 is 2.28 bits per heavy atom. The lowest BCUT2D eigenvalue weighted by molar-refractivity contribution is 0.373. The monoisotopic (exact) mass is 253 g/mol. The van der Waals surface area contributed by atoms with Crippen molar-refractivity contribution >= 4 is 5.96 Å². The standard InChI is InChI=1S/C12H23N5O/c1-5-6-9-17(4)12(13-3)14-8-7-11-15-10(2)16-18-11/h5-9H2,1-4H3,(H,13,14). The van der Waals surface area contributed by atoms with E-state index < -0.39 is 0 Å². The molecule has 0 aliphatic carbocycles. The van der Waals surface area contributed by atoms with Crippen molar-refractivity contribution in [2.24, 2.45) is 4.99 Å². The van der Waals surface area contributed by atoms with Crippen LogP contribution in [0.25, 0.3) is 0 Å². The second-order valence-corrected chi connectivity index (χ2v) is 4.23. The molecule has 0 aliphatic heterocycles. The van der Waals surface area contributed by atoms with E-state index in [9.17, 15) is 0 Å². The summed E-state index contributed by atoms with van der Waals surface area (Å²) in [6, 6.07) is 0. The van der Waals surface area contributed by atoms with Crippen molar-refractivity contribution in [1.29, 1.82) is 0 Å². The molecule has 0 saturated heterocycles. The van der Waals surface area contributed by atoms with Gasteiger partial charge in [-0.2, -0.15) is 4.98 Å². The molecule has 0 fully saturated rings. The van der Waals surface area contributed by atoms with Crippen LogP contribution in [-0.2, 0) is 6.42 Å². The summed E-state index contributed by atoms with van der Waals surface area (Å²) in [5.41, 5.74) is 0. The molecule has 1 heterocycles. The summed E-state index contributed by atoms with van der Waals surface area (Å²) < 4.78 is 5.05. The number of guanidine groups is 1. The number of rotatable bonds is 6. The molecule has 0 unspecified atom stereocenters. The highest BCUT2D eigenvalue weighted by Gasteiger charge is 2.06. The van der Waals surface area contributed by atoms with Gasteiger partial charge in [-0.1, -0.05) is 18.5 Å². The largest absolute Gasteiger partial charge is 0.356 e. The first-order valence-corrected chi connectivity index (χ1v) is 6.38. The zero-order valence-electron chi connectivity index (χ0n) is 11.7. The van der Waals surface area contributed by atoms with E-state index >= 15 is 0 Å². The van der Waals surface area contributed by atoms with Crippen LogP contribution in [0.3, 0.4) is 0 Å². The Morgan fingerprint density at radius 1 is 1.50 bits per heavy atom. The van der Waals surface area contributed by atoms with Gasteiger partial charge in [0.05, 0.1) is 0 Å². The van der Waals surface area contributed by atoms with E-state index in [2.05, 4.69) is 32.3 Å². The van der Waals surface area contributed by atoms with Gasteiger partial charge in [-0.3, -0.25) is 4.99 Å². The summed E-state index contributed by atoms with van der Waals surface area (Å²) in [7, 11) is 3.84. The van der Waals surface area contributed by atoms with Crippen LogP contribution in [0.4, 0.5) is 0 Å². The quantitative estimate of drug-likeness (QED) is 0.610. The van der Waals surface area contributed by atoms with E-state index in [4.69, 9.17) is 4.52 Å². The van der Waals surface area contributed by atoms with E-state index in [0.29, 0.717) is 18.1 Å². The number of aromatic nitrogens is 2. The molecular formula is C12H23N5O. The van der Waals surface area contributed by atoms with Crippen molar-refractivity contribution in [2.75, 3.05) is 27.2 Å². The molecule has 0 aliphatic rings. The van der Waals surface area contributed by atoms with Crippen molar-refractivity contribution in [2.45, 2.75) is 33.1 Å². The predicted molar refractivity (Wildman–Crippen MR) is 71.6 cm³/mol. The summed E-state index contributed by atoms with van der Waals surface area (Å²) >= 11 is 0.